The summed E-state index contributed by atoms with van der Waals surface area (Å²) in [5, 5.41) is 9.66. The number of aliphatic hydroxyl groups is 1. The number of thioether (sulfide) groups is 2. The number of benzene rings is 6. The summed E-state index contributed by atoms with van der Waals surface area (Å²) in [4.78, 5) is 2.57. The second-order valence-electron chi connectivity index (χ2n) is 19.2. The molecule has 0 spiro atoms. The summed E-state index contributed by atoms with van der Waals surface area (Å²) in [6.45, 7) is 17.0. The molecule has 0 saturated carbocycles. The van der Waals surface area contributed by atoms with Crippen molar-refractivity contribution in [1.29, 1.82) is 0 Å². The van der Waals surface area contributed by atoms with Crippen molar-refractivity contribution >= 4 is 31.8 Å². The predicted octanol–water partition coefficient (Wildman–Crippen LogP) is 13.8. The number of hydrogen-bond donors (Lipinski definition) is 1. The standard InChI is InChI=1S/C31H40O3SSi.C25H26O3S/c1-30(2,3)36(7,8)34-20-22-9-11-23(12-10-22)29-27-18-17-26(33-6)19-28(27)35-21-31(29,4)24-13-15-25(32-5)16-14-24;1-25(19-8-10-20(27-2)11-9-19)16-29-23-14-21(28-3)12-13-22(23)24(25)18-6-4-17(15-26)5-7-18/h9-19,29H,20-21H2,1-8H3;4-14,24,26H,15-16H2,1-3H3/t29-,31-;24-,25-/m11/s1. The third-order valence-corrected chi connectivity index (χ3v) is 21.4. The van der Waals surface area contributed by atoms with Gasteiger partial charge in [0.05, 0.1) is 41.7 Å². The molecule has 0 amide bonds. The molecular formula is C56H66O6S2Si. The van der Waals surface area contributed by atoms with E-state index in [2.05, 4.69) is 151 Å². The third-order valence-electron chi connectivity index (χ3n) is 14.1. The molecule has 2 aliphatic rings. The van der Waals surface area contributed by atoms with Crippen LogP contribution in [0.15, 0.2) is 143 Å². The van der Waals surface area contributed by atoms with Gasteiger partial charge in [-0.3, -0.25) is 0 Å². The third kappa shape index (κ3) is 10.2. The van der Waals surface area contributed by atoms with Crippen LogP contribution in [0.5, 0.6) is 23.0 Å². The summed E-state index contributed by atoms with van der Waals surface area (Å²) in [6, 6.07) is 47.4. The molecule has 6 aromatic carbocycles. The van der Waals surface area contributed by atoms with Crippen LogP contribution in [0, 0.1) is 0 Å². The highest BCUT2D eigenvalue weighted by atomic mass is 32.2. The van der Waals surface area contributed by atoms with Gasteiger partial charge in [0.2, 0.25) is 0 Å². The predicted molar refractivity (Wildman–Crippen MR) is 273 cm³/mol. The molecule has 65 heavy (non-hydrogen) atoms. The Bertz CT molecular complexity index is 2520. The monoisotopic (exact) mass is 926 g/mol. The van der Waals surface area contributed by atoms with Gasteiger partial charge in [0, 0.05) is 44.0 Å². The zero-order valence-electron chi connectivity index (χ0n) is 40.0. The first kappa shape index (κ1) is 48.3. The molecule has 1 N–H and O–H groups in total. The van der Waals surface area contributed by atoms with Crippen molar-refractivity contribution in [2.75, 3.05) is 39.9 Å². The highest BCUT2D eigenvalue weighted by Crippen LogP contribution is 2.55. The van der Waals surface area contributed by atoms with Gasteiger partial charge in [-0.2, -0.15) is 0 Å². The Morgan fingerprint density at radius 2 is 0.908 bits per heavy atom. The van der Waals surface area contributed by atoms with Crippen LogP contribution in [0.1, 0.15) is 91.0 Å². The van der Waals surface area contributed by atoms with Gasteiger partial charge in [-0.25, -0.2) is 0 Å². The largest absolute Gasteiger partial charge is 0.497 e. The van der Waals surface area contributed by atoms with Gasteiger partial charge in [0.1, 0.15) is 23.0 Å². The van der Waals surface area contributed by atoms with E-state index in [1.54, 1.807) is 28.4 Å². The second-order valence-corrected chi connectivity index (χ2v) is 26.1. The molecule has 0 fully saturated rings. The molecule has 0 unspecified atom stereocenters. The number of rotatable bonds is 12. The Morgan fingerprint density at radius 3 is 1.26 bits per heavy atom. The van der Waals surface area contributed by atoms with Crippen LogP contribution in [0.2, 0.25) is 18.1 Å². The normalized spacial score (nSPS) is 20.4. The van der Waals surface area contributed by atoms with Crippen molar-refractivity contribution in [2.45, 2.75) is 98.4 Å². The van der Waals surface area contributed by atoms with Crippen molar-refractivity contribution in [3.05, 3.63) is 178 Å². The van der Waals surface area contributed by atoms with E-state index in [9.17, 15) is 5.11 Å². The molecule has 0 bridgehead atoms. The van der Waals surface area contributed by atoms with Crippen LogP contribution in [0.4, 0.5) is 0 Å². The zero-order valence-corrected chi connectivity index (χ0v) is 42.6. The highest BCUT2D eigenvalue weighted by molar-refractivity contribution is 7.99. The van der Waals surface area contributed by atoms with Gasteiger partial charge in [-0.15, -0.1) is 23.5 Å². The highest BCUT2D eigenvalue weighted by Gasteiger charge is 2.44. The summed E-state index contributed by atoms with van der Waals surface area (Å²) >= 11 is 3.80. The van der Waals surface area contributed by atoms with Crippen LogP contribution in [0.25, 0.3) is 0 Å². The molecule has 9 heteroatoms. The Labute approximate surface area is 397 Å². The quantitative estimate of drug-likeness (QED) is 0.122. The Hall–Kier alpha value is -4.64. The Balaban J connectivity index is 0.000000198. The van der Waals surface area contributed by atoms with Crippen LogP contribution >= 0.6 is 23.5 Å². The fourth-order valence-electron chi connectivity index (χ4n) is 8.96. The average molecular weight is 927 g/mol. The van der Waals surface area contributed by atoms with Crippen molar-refractivity contribution < 1.29 is 28.5 Å². The smallest absolute Gasteiger partial charge is 0.192 e. The lowest BCUT2D eigenvalue weighted by atomic mass is 9.67. The van der Waals surface area contributed by atoms with Crippen molar-refractivity contribution in [1.82, 2.24) is 0 Å². The van der Waals surface area contributed by atoms with Crippen molar-refractivity contribution in [2.24, 2.45) is 0 Å². The first-order valence-electron chi connectivity index (χ1n) is 22.4. The fraction of sp³-hybridized carbons (Fsp3) is 0.357. The summed E-state index contributed by atoms with van der Waals surface area (Å²) in [5.41, 5.74) is 9.89. The van der Waals surface area contributed by atoms with E-state index in [1.807, 2.05) is 53.9 Å². The zero-order chi connectivity index (χ0) is 46.6. The molecule has 6 nitrogen and oxygen atoms in total. The van der Waals surface area contributed by atoms with E-state index in [0.717, 1.165) is 40.1 Å². The van der Waals surface area contributed by atoms with E-state index in [4.69, 9.17) is 23.4 Å². The van der Waals surface area contributed by atoms with Crippen LogP contribution in [-0.2, 0) is 28.5 Å². The molecule has 0 radical (unpaired) electrons. The maximum atomic E-state index is 9.46. The lowest BCUT2D eigenvalue weighted by Gasteiger charge is -2.43. The number of aliphatic hydroxyl groups excluding tert-OH is 1. The lowest BCUT2D eigenvalue weighted by Crippen LogP contribution is -2.40. The minimum atomic E-state index is -1.79. The molecular weight excluding hydrogens is 861 g/mol. The Kier molecular flexibility index (Phi) is 14.9. The van der Waals surface area contributed by atoms with Crippen LogP contribution in [0.3, 0.4) is 0 Å². The van der Waals surface area contributed by atoms with Gasteiger partial charge in [-0.1, -0.05) is 120 Å². The molecule has 2 heterocycles. The molecule has 6 aromatic rings. The minimum absolute atomic E-state index is 0.0599. The maximum absolute atomic E-state index is 9.46. The van der Waals surface area contributed by atoms with Gasteiger partial charge in [0.25, 0.3) is 0 Å². The maximum Gasteiger partial charge on any atom is 0.192 e. The first-order valence-corrected chi connectivity index (χ1v) is 27.3. The Morgan fingerprint density at radius 1 is 0.538 bits per heavy atom. The minimum Gasteiger partial charge on any atom is -0.497 e. The van der Waals surface area contributed by atoms with E-state index < -0.39 is 8.32 Å². The molecule has 2 aliphatic heterocycles. The summed E-state index contributed by atoms with van der Waals surface area (Å²) in [5.74, 6) is 5.93. The van der Waals surface area contributed by atoms with Gasteiger partial charge in [0.15, 0.2) is 8.32 Å². The molecule has 0 aliphatic carbocycles. The summed E-state index contributed by atoms with van der Waals surface area (Å²) in [7, 11) is 5.07. The number of ether oxygens (including phenoxy) is 4. The van der Waals surface area contributed by atoms with E-state index in [-0.39, 0.29) is 34.3 Å². The van der Waals surface area contributed by atoms with Gasteiger partial charge < -0.3 is 28.5 Å². The molecule has 342 valence electrons. The average Bonchev–Trinajstić information content (AvgIpc) is 3.33. The van der Waals surface area contributed by atoms with Crippen molar-refractivity contribution in [3.8, 4) is 23.0 Å². The molecule has 4 atom stereocenters. The second kappa shape index (κ2) is 20.1. The summed E-state index contributed by atoms with van der Waals surface area (Å²) < 4.78 is 28.3. The molecule has 0 saturated heterocycles. The van der Waals surface area contributed by atoms with Crippen LogP contribution < -0.4 is 18.9 Å². The van der Waals surface area contributed by atoms with E-state index in [0.29, 0.717) is 6.61 Å². The number of fused-ring (bicyclic) bond motifs is 2. The SMILES string of the molecule is COc1ccc([C@@]2(C)CSc3cc(OC)ccc3[C@H]2c2ccc(CO)cc2)cc1.COc1ccc([C@@]2(C)CSc3cc(OC)ccc3[C@H]2c2ccc(CO[Si](C)(C)C(C)(C)C)cc2)cc1. The van der Waals surface area contributed by atoms with Gasteiger partial charge in [-0.05, 0) is 111 Å². The molecule has 0 aromatic heterocycles. The van der Waals surface area contributed by atoms with Crippen molar-refractivity contribution in [3.63, 3.8) is 0 Å². The fourth-order valence-corrected chi connectivity index (χ4v) is 12.6. The first-order chi connectivity index (χ1) is 31.1. The lowest BCUT2D eigenvalue weighted by molar-refractivity contribution is 0.276. The topological polar surface area (TPSA) is 66.4 Å². The molecule has 8 rings (SSSR count). The van der Waals surface area contributed by atoms with Crippen LogP contribution in [-0.4, -0.2) is 53.4 Å². The number of methoxy groups -OCH3 is 4. The van der Waals surface area contributed by atoms with E-state index >= 15 is 0 Å². The van der Waals surface area contributed by atoms with E-state index in [1.165, 1.54) is 48.7 Å². The number of hydrogen-bond acceptors (Lipinski definition) is 8. The summed E-state index contributed by atoms with van der Waals surface area (Å²) in [6.07, 6.45) is 0. The van der Waals surface area contributed by atoms with Gasteiger partial charge >= 0.3 is 0 Å².